The van der Waals surface area contributed by atoms with Gasteiger partial charge in [-0.2, -0.15) is 0 Å². The maximum atomic E-state index is 11.8. The molecule has 2 nitrogen and oxygen atoms in total. The molecule has 1 unspecified atom stereocenters. The van der Waals surface area contributed by atoms with Crippen LogP contribution in [0.5, 0.6) is 0 Å². The van der Waals surface area contributed by atoms with Gasteiger partial charge in [-0.25, -0.2) is 0 Å². The molecule has 0 aromatic rings. The number of hydrogen-bond acceptors (Lipinski definition) is 2. The fourth-order valence-corrected chi connectivity index (χ4v) is 2.18. The van der Waals surface area contributed by atoms with E-state index in [0.717, 1.165) is 19.3 Å². The summed E-state index contributed by atoms with van der Waals surface area (Å²) >= 11 is 0. The zero-order chi connectivity index (χ0) is 9.68. The smallest absolute Gasteiger partial charge is 0.138 e. The Morgan fingerprint density at radius 3 is 2.54 bits per heavy atom. The lowest BCUT2D eigenvalue weighted by molar-refractivity contribution is -0.127. The van der Waals surface area contributed by atoms with E-state index in [1.807, 2.05) is 6.92 Å². The Morgan fingerprint density at radius 2 is 2.00 bits per heavy atom. The van der Waals surface area contributed by atoms with Gasteiger partial charge >= 0.3 is 0 Å². The minimum atomic E-state index is 0.188. The van der Waals surface area contributed by atoms with Gasteiger partial charge in [-0.3, -0.25) is 4.79 Å². The van der Waals surface area contributed by atoms with Crippen molar-refractivity contribution >= 4 is 5.78 Å². The predicted octanol–water partition coefficient (Wildman–Crippen LogP) is 2.12. The van der Waals surface area contributed by atoms with Gasteiger partial charge in [0.2, 0.25) is 0 Å². The van der Waals surface area contributed by atoms with Gasteiger partial charge in [-0.1, -0.05) is 26.2 Å². The van der Waals surface area contributed by atoms with E-state index < -0.39 is 0 Å². The number of Topliss-reactive ketones (excluding diaryl/α,β-unsaturated/α-hetero) is 1. The second-order valence-electron chi connectivity index (χ2n) is 4.22. The summed E-state index contributed by atoms with van der Waals surface area (Å²) in [7, 11) is 0. The Kier molecular flexibility index (Phi) is 4.43. The van der Waals surface area contributed by atoms with Crippen LogP contribution in [0.2, 0.25) is 0 Å². The average Bonchev–Trinajstić information content (AvgIpc) is 2.18. The number of ketones is 1. The van der Waals surface area contributed by atoms with Gasteiger partial charge < -0.3 is 5.73 Å². The first kappa shape index (κ1) is 10.7. The van der Waals surface area contributed by atoms with Crippen molar-refractivity contribution in [3.05, 3.63) is 0 Å². The highest BCUT2D eigenvalue weighted by atomic mass is 16.1. The van der Waals surface area contributed by atoms with E-state index in [2.05, 4.69) is 0 Å². The predicted molar refractivity (Wildman–Crippen MR) is 54.4 cm³/mol. The van der Waals surface area contributed by atoms with Gasteiger partial charge in [0.05, 0.1) is 0 Å². The Labute approximate surface area is 80.9 Å². The van der Waals surface area contributed by atoms with Crippen LogP contribution in [0.3, 0.4) is 0 Å². The second kappa shape index (κ2) is 5.38. The number of hydrogen-bond donors (Lipinski definition) is 1. The lowest BCUT2D eigenvalue weighted by Gasteiger charge is -2.23. The summed E-state index contributed by atoms with van der Waals surface area (Å²) < 4.78 is 0. The first-order valence-corrected chi connectivity index (χ1v) is 5.49. The van der Waals surface area contributed by atoms with E-state index in [1.165, 1.54) is 19.3 Å². The van der Waals surface area contributed by atoms with Crippen molar-refractivity contribution < 1.29 is 4.79 Å². The molecule has 1 aliphatic rings. The molecule has 0 aromatic carbocycles. The Hall–Kier alpha value is -0.370. The van der Waals surface area contributed by atoms with Crippen LogP contribution in [0, 0.1) is 11.8 Å². The summed E-state index contributed by atoms with van der Waals surface area (Å²) in [6.45, 7) is 2.66. The molecule has 0 heterocycles. The minimum absolute atomic E-state index is 0.188. The first-order valence-electron chi connectivity index (χ1n) is 5.49. The molecule has 0 radical (unpaired) electrons. The molecule has 1 rings (SSSR count). The first-order chi connectivity index (χ1) is 6.25. The Balaban J connectivity index is 2.36. The molecule has 0 spiro atoms. The number of carbonyl (C=O) groups is 1. The summed E-state index contributed by atoms with van der Waals surface area (Å²) in [6.07, 6.45) is 6.89. The molecule has 0 saturated heterocycles. The third-order valence-corrected chi connectivity index (χ3v) is 3.09. The van der Waals surface area contributed by atoms with Gasteiger partial charge in [-0.05, 0) is 25.8 Å². The van der Waals surface area contributed by atoms with Crippen LogP contribution in [-0.2, 0) is 4.79 Å². The molecule has 1 atom stereocenters. The third kappa shape index (κ3) is 3.11. The van der Waals surface area contributed by atoms with Gasteiger partial charge in [0.25, 0.3) is 0 Å². The van der Waals surface area contributed by atoms with E-state index in [9.17, 15) is 4.79 Å². The molecule has 0 aromatic heterocycles. The number of nitrogens with two attached hydrogens (primary N) is 1. The quantitative estimate of drug-likeness (QED) is 0.725. The highest BCUT2D eigenvalue weighted by molar-refractivity contribution is 5.83. The van der Waals surface area contributed by atoms with Crippen LogP contribution in [-0.4, -0.2) is 12.3 Å². The largest absolute Gasteiger partial charge is 0.330 e. The van der Waals surface area contributed by atoms with E-state index in [4.69, 9.17) is 5.73 Å². The van der Waals surface area contributed by atoms with Crippen molar-refractivity contribution in [1.29, 1.82) is 0 Å². The Bertz CT molecular complexity index is 161. The fourth-order valence-electron chi connectivity index (χ4n) is 2.18. The lowest BCUT2D eigenvalue weighted by Crippen LogP contribution is -2.25. The molecule has 1 saturated carbocycles. The molecule has 2 heteroatoms. The molecule has 0 aliphatic heterocycles. The van der Waals surface area contributed by atoms with Crippen molar-refractivity contribution in [1.82, 2.24) is 0 Å². The van der Waals surface area contributed by atoms with Crippen LogP contribution < -0.4 is 5.73 Å². The molecular weight excluding hydrogens is 162 g/mol. The van der Waals surface area contributed by atoms with Crippen molar-refractivity contribution in [3.8, 4) is 0 Å². The fraction of sp³-hybridized carbons (Fsp3) is 0.909. The monoisotopic (exact) mass is 183 g/mol. The van der Waals surface area contributed by atoms with Gasteiger partial charge in [0, 0.05) is 11.8 Å². The minimum Gasteiger partial charge on any atom is -0.330 e. The maximum Gasteiger partial charge on any atom is 0.138 e. The van der Waals surface area contributed by atoms with E-state index in [1.54, 1.807) is 0 Å². The molecule has 13 heavy (non-hydrogen) atoms. The summed E-state index contributed by atoms with van der Waals surface area (Å²) in [4.78, 5) is 11.8. The molecular formula is C11H21NO. The molecule has 2 N–H and O–H groups in total. The molecule has 1 fully saturated rings. The van der Waals surface area contributed by atoms with E-state index >= 15 is 0 Å². The van der Waals surface area contributed by atoms with Crippen LogP contribution in [0.1, 0.15) is 45.4 Å². The van der Waals surface area contributed by atoms with Gasteiger partial charge in [-0.15, -0.1) is 0 Å². The van der Waals surface area contributed by atoms with Crippen molar-refractivity contribution in [2.75, 3.05) is 6.54 Å². The summed E-state index contributed by atoms with van der Waals surface area (Å²) in [5.74, 6) is 1.01. The highest BCUT2D eigenvalue weighted by Crippen LogP contribution is 2.27. The number of rotatable bonds is 4. The summed E-state index contributed by atoms with van der Waals surface area (Å²) in [5.41, 5.74) is 5.44. The zero-order valence-corrected chi connectivity index (χ0v) is 8.59. The Morgan fingerprint density at radius 1 is 1.38 bits per heavy atom. The van der Waals surface area contributed by atoms with Crippen LogP contribution in [0.15, 0.2) is 0 Å². The van der Waals surface area contributed by atoms with E-state index in [-0.39, 0.29) is 5.92 Å². The highest BCUT2D eigenvalue weighted by Gasteiger charge is 2.24. The summed E-state index contributed by atoms with van der Waals surface area (Å²) in [5, 5.41) is 0. The van der Waals surface area contributed by atoms with Crippen LogP contribution in [0.25, 0.3) is 0 Å². The van der Waals surface area contributed by atoms with E-state index in [0.29, 0.717) is 18.2 Å². The van der Waals surface area contributed by atoms with Crippen LogP contribution >= 0.6 is 0 Å². The molecule has 0 bridgehead atoms. The second-order valence-corrected chi connectivity index (χ2v) is 4.22. The normalized spacial score (nSPS) is 21.4. The maximum absolute atomic E-state index is 11.8. The zero-order valence-electron chi connectivity index (χ0n) is 8.59. The average molecular weight is 183 g/mol. The van der Waals surface area contributed by atoms with Crippen molar-refractivity contribution in [2.24, 2.45) is 17.6 Å². The van der Waals surface area contributed by atoms with Gasteiger partial charge in [0.1, 0.15) is 5.78 Å². The molecule has 0 amide bonds. The number of carbonyl (C=O) groups excluding carboxylic acids is 1. The van der Waals surface area contributed by atoms with Crippen LogP contribution in [0.4, 0.5) is 0 Å². The molecule has 1 aliphatic carbocycles. The standard InChI is InChI=1S/C11H21NO/c1-9(7-8-12)11(13)10-5-3-2-4-6-10/h9-10H,2-8,12H2,1H3. The SMILES string of the molecule is CC(CCN)C(=O)C1CCCCC1. The van der Waals surface area contributed by atoms with Crippen molar-refractivity contribution in [2.45, 2.75) is 45.4 Å². The van der Waals surface area contributed by atoms with Crippen molar-refractivity contribution in [3.63, 3.8) is 0 Å². The summed E-state index contributed by atoms with van der Waals surface area (Å²) in [6, 6.07) is 0. The third-order valence-electron chi connectivity index (χ3n) is 3.09. The lowest BCUT2D eigenvalue weighted by atomic mass is 9.81. The topological polar surface area (TPSA) is 43.1 Å². The molecule has 76 valence electrons. The van der Waals surface area contributed by atoms with Gasteiger partial charge in [0.15, 0.2) is 0 Å².